The van der Waals surface area contributed by atoms with Gasteiger partial charge in [-0.3, -0.25) is 0 Å². The zero-order valence-electron chi connectivity index (χ0n) is 10.3. The summed E-state index contributed by atoms with van der Waals surface area (Å²) in [6, 6.07) is 12.1. The average molecular weight is 254 g/mol. The molecule has 5 nitrogen and oxygen atoms in total. The first-order valence-corrected chi connectivity index (χ1v) is 6.13. The van der Waals surface area contributed by atoms with Gasteiger partial charge in [-0.25, -0.2) is 4.98 Å². The van der Waals surface area contributed by atoms with Crippen LogP contribution in [-0.2, 0) is 0 Å². The van der Waals surface area contributed by atoms with Gasteiger partial charge >= 0.3 is 0 Å². The molecule has 0 aliphatic carbocycles. The zero-order chi connectivity index (χ0) is 13.1. The van der Waals surface area contributed by atoms with Crippen LogP contribution in [0.3, 0.4) is 0 Å². The number of aromatic nitrogens is 3. The summed E-state index contributed by atoms with van der Waals surface area (Å²) in [5, 5.41) is 12.9. The van der Waals surface area contributed by atoms with Crippen LogP contribution in [0.25, 0.3) is 16.7 Å². The van der Waals surface area contributed by atoms with E-state index in [9.17, 15) is 0 Å². The summed E-state index contributed by atoms with van der Waals surface area (Å²) in [4.78, 5) is 8.55. The van der Waals surface area contributed by atoms with Crippen molar-refractivity contribution in [1.29, 1.82) is 0 Å². The standard InChI is InChI=1S/C14H14N4O/c19-10-8-16-14-15-7-5-13(17-14)18-9-6-11-3-1-2-4-12(11)18/h1-7,9,19H,8,10H2,(H,15,16,17). The third-order valence-corrected chi connectivity index (χ3v) is 2.88. The van der Waals surface area contributed by atoms with E-state index in [-0.39, 0.29) is 6.61 Å². The number of anilines is 1. The lowest BCUT2D eigenvalue weighted by molar-refractivity contribution is 0.311. The summed E-state index contributed by atoms with van der Waals surface area (Å²) in [5.41, 5.74) is 1.11. The molecule has 0 saturated carbocycles. The van der Waals surface area contributed by atoms with Gasteiger partial charge < -0.3 is 15.0 Å². The molecule has 2 aromatic heterocycles. The molecule has 0 spiro atoms. The Bertz CT molecular complexity index is 692. The fourth-order valence-electron chi connectivity index (χ4n) is 2.02. The van der Waals surface area contributed by atoms with Crippen molar-refractivity contribution < 1.29 is 5.11 Å². The van der Waals surface area contributed by atoms with Crippen LogP contribution in [-0.4, -0.2) is 32.8 Å². The maximum Gasteiger partial charge on any atom is 0.224 e. The van der Waals surface area contributed by atoms with E-state index in [0.29, 0.717) is 12.5 Å². The fourth-order valence-corrected chi connectivity index (χ4v) is 2.02. The van der Waals surface area contributed by atoms with Crippen molar-refractivity contribution in [1.82, 2.24) is 14.5 Å². The first kappa shape index (κ1) is 11.7. The molecule has 0 fully saturated rings. The Hall–Kier alpha value is -2.40. The molecule has 0 aliphatic heterocycles. The fraction of sp³-hybridized carbons (Fsp3) is 0.143. The number of nitrogens with one attached hydrogen (secondary N) is 1. The highest BCUT2D eigenvalue weighted by Crippen LogP contribution is 2.19. The average Bonchev–Trinajstić information content (AvgIpc) is 2.89. The number of nitrogens with zero attached hydrogens (tertiary/aromatic N) is 3. The lowest BCUT2D eigenvalue weighted by Crippen LogP contribution is -2.09. The molecule has 2 heterocycles. The van der Waals surface area contributed by atoms with Gasteiger partial charge in [0.05, 0.1) is 12.1 Å². The molecule has 3 rings (SSSR count). The number of aliphatic hydroxyl groups excluding tert-OH is 1. The molecule has 0 bridgehead atoms. The summed E-state index contributed by atoms with van der Waals surface area (Å²) in [6.07, 6.45) is 3.69. The quantitative estimate of drug-likeness (QED) is 0.745. The highest BCUT2D eigenvalue weighted by molar-refractivity contribution is 5.81. The predicted octanol–water partition coefficient (Wildman–Crippen LogP) is 1.82. The van der Waals surface area contributed by atoms with Gasteiger partial charge in [-0.05, 0) is 23.6 Å². The minimum Gasteiger partial charge on any atom is -0.395 e. The Morgan fingerprint density at radius 2 is 2.05 bits per heavy atom. The smallest absolute Gasteiger partial charge is 0.224 e. The van der Waals surface area contributed by atoms with E-state index in [1.165, 1.54) is 5.39 Å². The van der Waals surface area contributed by atoms with E-state index in [0.717, 1.165) is 11.3 Å². The molecule has 96 valence electrons. The van der Waals surface area contributed by atoms with Gasteiger partial charge in [0.2, 0.25) is 5.95 Å². The summed E-state index contributed by atoms with van der Waals surface area (Å²) < 4.78 is 2.02. The van der Waals surface area contributed by atoms with Crippen molar-refractivity contribution in [2.75, 3.05) is 18.5 Å². The molecule has 19 heavy (non-hydrogen) atoms. The molecule has 1 aromatic carbocycles. The van der Waals surface area contributed by atoms with Crippen LogP contribution < -0.4 is 5.32 Å². The summed E-state index contributed by atoms with van der Waals surface area (Å²) in [5.74, 6) is 1.32. The van der Waals surface area contributed by atoms with Crippen LogP contribution in [0.15, 0.2) is 48.8 Å². The summed E-state index contributed by atoms with van der Waals surface area (Å²) >= 11 is 0. The van der Waals surface area contributed by atoms with Gasteiger partial charge in [-0.1, -0.05) is 18.2 Å². The van der Waals surface area contributed by atoms with Crippen LogP contribution in [0.5, 0.6) is 0 Å². The second kappa shape index (κ2) is 5.07. The Morgan fingerprint density at radius 1 is 1.16 bits per heavy atom. The predicted molar refractivity (Wildman–Crippen MR) is 74.4 cm³/mol. The van der Waals surface area contributed by atoms with Gasteiger partial charge in [0.25, 0.3) is 0 Å². The molecule has 0 aliphatic rings. The van der Waals surface area contributed by atoms with Crippen LogP contribution in [0.4, 0.5) is 5.95 Å². The minimum atomic E-state index is 0.0556. The largest absolute Gasteiger partial charge is 0.395 e. The Balaban J connectivity index is 2.01. The maximum absolute atomic E-state index is 8.80. The number of fused-ring (bicyclic) bond motifs is 1. The molecule has 5 heteroatoms. The maximum atomic E-state index is 8.80. The Labute approximate surface area is 110 Å². The number of para-hydroxylation sites is 1. The van der Waals surface area contributed by atoms with E-state index in [1.807, 2.05) is 29.0 Å². The zero-order valence-corrected chi connectivity index (χ0v) is 10.3. The second-order valence-electron chi connectivity index (χ2n) is 4.13. The molecule has 3 aromatic rings. The molecule has 0 radical (unpaired) electrons. The highest BCUT2D eigenvalue weighted by Gasteiger charge is 2.04. The molecule has 2 N–H and O–H groups in total. The monoisotopic (exact) mass is 254 g/mol. The van der Waals surface area contributed by atoms with Gasteiger partial charge in [0, 0.05) is 18.9 Å². The van der Waals surface area contributed by atoms with E-state index in [1.54, 1.807) is 6.20 Å². The molecule has 0 amide bonds. The van der Waals surface area contributed by atoms with E-state index in [4.69, 9.17) is 5.11 Å². The highest BCUT2D eigenvalue weighted by atomic mass is 16.3. The summed E-state index contributed by atoms with van der Waals surface area (Å²) in [6.45, 7) is 0.496. The van der Waals surface area contributed by atoms with Crippen LogP contribution in [0, 0.1) is 0 Å². The molecule has 0 unspecified atom stereocenters. The van der Waals surface area contributed by atoms with Gasteiger partial charge in [-0.15, -0.1) is 0 Å². The second-order valence-corrected chi connectivity index (χ2v) is 4.13. The Morgan fingerprint density at radius 3 is 2.95 bits per heavy atom. The lowest BCUT2D eigenvalue weighted by atomic mass is 10.2. The number of aliphatic hydroxyl groups is 1. The molecule has 0 saturated heterocycles. The Kier molecular flexibility index (Phi) is 3.12. The van der Waals surface area contributed by atoms with Crippen molar-refractivity contribution in [3.05, 3.63) is 48.8 Å². The van der Waals surface area contributed by atoms with E-state index in [2.05, 4.69) is 33.5 Å². The van der Waals surface area contributed by atoms with E-state index < -0.39 is 0 Å². The number of hydrogen-bond donors (Lipinski definition) is 2. The van der Waals surface area contributed by atoms with Crippen molar-refractivity contribution in [2.24, 2.45) is 0 Å². The van der Waals surface area contributed by atoms with Crippen LogP contribution in [0.2, 0.25) is 0 Å². The first-order valence-electron chi connectivity index (χ1n) is 6.13. The van der Waals surface area contributed by atoms with Gasteiger partial charge in [0.15, 0.2) is 0 Å². The van der Waals surface area contributed by atoms with Crippen LogP contribution in [0.1, 0.15) is 0 Å². The lowest BCUT2D eigenvalue weighted by Gasteiger charge is -2.07. The SMILES string of the molecule is OCCNc1nccc(-n2ccc3ccccc32)n1. The van der Waals surface area contributed by atoms with Crippen LogP contribution >= 0.6 is 0 Å². The third-order valence-electron chi connectivity index (χ3n) is 2.88. The molecular weight excluding hydrogens is 240 g/mol. The van der Waals surface area contributed by atoms with Crippen molar-refractivity contribution >= 4 is 16.9 Å². The summed E-state index contributed by atoms with van der Waals surface area (Å²) in [7, 11) is 0. The van der Waals surface area contributed by atoms with Crippen molar-refractivity contribution in [3.8, 4) is 5.82 Å². The van der Waals surface area contributed by atoms with Crippen molar-refractivity contribution in [3.63, 3.8) is 0 Å². The number of hydrogen-bond acceptors (Lipinski definition) is 4. The van der Waals surface area contributed by atoms with E-state index >= 15 is 0 Å². The molecule has 0 atom stereocenters. The third kappa shape index (κ3) is 2.28. The first-order chi connectivity index (χ1) is 9.38. The number of rotatable bonds is 4. The number of benzene rings is 1. The van der Waals surface area contributed by atoms with Gasteiger partial charge in [0.1, 0.15) is 5.82 Å². The minimum absolute atomic E-state index is 0.0556. The molecular formula is C14H14N4O. The van der Waals surface area contributed by atoms with Gasteiger partial charge in [-0.2, -0.15) is 4.98 Å². The normalized spacial score (nSPS) is 10.8. The topological polar surface area (TPSA) is 63.0 Å². The van der Waals surface area contributed by atoms with Crippen molar-refractivity contribution in [2.45, 2.75) is 0 Å².